The van der Waals surface area contributed by atoms with Crippen LogP contribution >= 0.6 is 0 Å². The molecule has 2 aromatic rings. The molecule has 0 spiro atoms. The normalized spacial score (nSPS) is 15.9. The third kappa shape index (κ3) is 1.95. The van der Waals surface area contributed by atoms with Gasteiger partial charge in [0.1, 0.15) is 6.33 Å². The zero-order valence-electron chi connectivity index (χ0n) is 10.2. The summed E-state index contributed by atoms with van der Waals surface area (Å²) in [5, 5.41) is 1.05. The first-order chi connectivity index (χ1) is 8.88. The Kier molecular flexibility index (Phi) is 2.94. The Morgan fingerprint density at radius 1 is 1.22 bits per heavy atom. The van der Waals surface area contributed by atoms with Gasteiger partial charge in [-0.3, -0.25) is 0 Å². The molecule has 92 valence electrons. The van der Waals surface area contributed by atoms with Gasteiger partial charge in [-0.15, -0.1) is 0 Å². The molecular formula is C14H15N3O. The van der Waals surface area contributed by atoms with Crippen molar-refractivity contribution in [3.05, 3.63) is 36.8 Å². The minimum Gasteiger partial charge on any atom is -0.378 e. The van der Waals surface area contributed by atoms with Gasteiger partial charge in [-0.1, -0.05) is 6.58 Å². The lowest BCUT2D eigenvalue weighted by atomic mass is 10.1. The van der Waals surface area contributed by atoms with Crippen LogP contribution in [0.5, 0.6) is 0 Å². The quantitative estimate of drug-likeness (QED) is 0.807. The number of aromatic nitrogens is 2. The van der Waals surface area contributed by atoms with E-state index < -0.39 is 0 Å². The Bertz CT molecular complexity index is 576. The topological polar surface area (TPSA) is 38.2 Å². The van der Waals surface area contributed by atoms with E-state index in [1.807, 2.05) is 0 Å². The van der Waals surface area contributed by atoms with Crippen molar-refractivity contribution >= 4 is 22.7 Å². The molecule has 18 heavy (non-hydrogen) atoms. The number of morpholine rings is 1. The summed E-state index contributed by atoms with van der Waals surface area (Å²) < 4.78 is 5.36. The van der Waals surface area contributed by atoms with Gasteiger partial charge >= 0.3 is 0 Å². The van der Waals surface area contributed by atoms with Crippen LogP contribution in [0, 0.1) is 0 Å². The van der Waals surface area contributed by atoms with Crippen LogP contribution in [-0.2, 0) is 4.74 Å². The monoisotopic (exact) mass is 241 g/mol. The molecule has 0 amide bonds. The van der Waals surface area contributed by atoms with E-state index in [-0.39, 0.29) is 0 Å². The summed E-state index contributed by atoms with van der Waals surface area (Å²) in [6.07, 6.45) is 3.35. The lowest BCUT2D eigenvalue weighted by Gasteiger charge is -2.28. The second-order valence-electron chi connectivity index (χ2n) is 4.26. The molecule has 0 N–H and O–H groups in total. The lowest BCUT2D eigenvalue weighted by molar-refractivity contribution is 0.122. The molecule has 0 radical (unpaired) electrons. The third-order valence-corrected chi connectivity index (χ3v) is 3.22. The number of hydrogen-bond donors (Lipinski definition) is 0. The van der Waals surface area contributed by atoms with Crippen LogP contribution in [0.25, 0.3) is 17.0 Å². The number of rotatable bonds is 2. The first kappa shape index (κ1) is 11.2. The molecule has 1 aliphatic rings. The van der Waals surface area contributed by atoms with Gasteiger partial charge in [0.05, 0.1) is 24.4 Å². The summed E-state index contributed by atoms with van der Waals surface area (Å²) in [5.74, 6) is 0. The molecule has 1 saturated heterocycles. The molecule has 0 bridgehead atoms. The molecule has 4 heteroatoms. The minimum absolute atomic E-state index is 0.791. The summed E-state index contributed by atoms with van der Waals surface area (Å²) in [6, 6.07) is 6.29. The molecule has 2 heterocycles. The fourth-order valence-electron chi connectivity index (χ4n) is 2.25. The zero-order valence-corrected chi connectivity index (χ0v) is 10.2. The number of hydrogen-bond acceptors (Lipinski definition) is 4. The highest BCUT2D eigenvalue weighted by Crippen LogP contribution is 2.23. The highest BCUT2D eigenvalue weighted by Gasteiger charge is 2.12. The highest BCUT2D eigenvalue weighted by molar-refractivity contribution is 5.88. The van der Waals surface area contributed by atoms with Crippen LogP contribution in [0.2, 0.25) is 0 Å². The van der Waals surface area contributed by atoms with E-state index in [4.69, 9.17) is 4.74 Å². The molecule has 4 nitrogen and oxygen atoms in total. The van der Waals surface area contributed by atoms with E-state index in [9.17, 15) is 0 Å². The van der Waals surface area contributed by atoms with E-state index >= 15 is 0 Å². The van der Waals surface area contributed by atoms with Crippen molar-refractivity contribution in [2.45, 2.75) is 0 Å². The van der Waals surface area contributed by atoms with Crippen molar-refractivity contribution in [3.63, 3.8) is 0 Å². The zero-order chi connectivity index (χ0) is 12.4. The van der Waals surface area contributed by atoms with Crippen molar-refractivity contribution < 1.29 is 4.74 Å². The predicted molar refractivity (Wildman–Crippen MR) is 72.7 cm³/mol. The van der Waals surface area contributed by atoms with Crippen LogP contribution < -0.4 is 4.90 Å². The van der Waals surface area contributed by atoms with Crippen LogP contribution in [-0.4, -0.2) is 36.3 Å². The molecule has 0 saturated carbocycles. The molecule has 1 aliphatic heterocycles. The van der Waals surface area contributed by atoms with Crippen molar-refractivity contribution in [1.82, 2.24) is 9.97 Å². The van der Waals surface area contributed by atoms with Gasteiger partial charge in [-0.05, 0) is 24.3 Å². The first-order valence-corrected chi connectivity index (χ1v) is 6.08. The standard InChI is InChI=1S/C14H15N3O/c1-2-13-12-4-3-11(9-14(12)16-10-15-13)17-5-7-18-8-6-17/h2-4,9-10H,1,5-8H2. The smallest absolute Gasteiger partial charge is 0.116 e. The van der Waals surface area contributed by atoms with E-state index in [1.54, 1.807) is 12.4 Å². The molecule has 0 aliphatic carbocycles. The van der Waals surface area contributed by atoms with E-state index in [0.717, 1.165) is 42.9 Å². The Morgan fingerprint density at radius 3 is 2.83 bits per heavy atom. The Morgan fingerprint density at radius 2 is 2.06 bits per heavy atom. The summed E-state index contributed by atoms with van der Waals surface area (Å²) in [7, 11) is 0. The van der Waals surface area contributed by atoms with Crippen LogP contribution in [0.1, 0.15) is 5.69 Å². The maximum atomic E-state index is 5.36. The van der Waals surface area contributed by atoms with E-state index in [0.29, 0.717) is 0 Å². The van der Waals surface area contributed by atoms with Crippen LogP contribution in [0.4, 0.5) is 5.69 Å². The number of fused-ring (bicyclic) bond motifs is 1. The summed E-state index contributed by atoms with van der Waals surface area (Å²) in [4.78, 5) is 10.9. The van der Waals surface area contributed by atoms with Crippen molar-refractivity contribution in [2.24, 2.45) is 0 Å². The van der Waals surface area contributed by atoms with Gasteiger partial charge in [-0.2, -0.15) is 0 Å². The third-order valence-electron chi connectivity index (χ3n) is 3.22. The molecule has 0 unspecified atom stereocenters. The van der Waals surface area contributed by atoms with Crippen molar-refractivity contribution in [3.8, 4) is 0 Å². The molecule has 1 aromatic heterocycles. The lowest BCUT2D eigenvalue weighted by Crippen LogP contribution is -2.36. The second-order valence-corrected chi connectivity index (χ2v) is 4.26. The Labute approximate surface area is 106 Å². The molecule has 1 fully saturated rings. The largest absolute Gasteiger partial charge is 0.378 e. The summed E-state index contributed by atoms with van der Waals surface area (Å²) >= 11 is 0. The molecule has 1 aromatic carbocycles. The van der Waals surface area contributed by atoms with Gasteiger partial charge in [0, 0.05) is 24.2 Å². The van der Waals surface area contributed by atoms with Gasteiger partial charge < -0.3 is 9.64 Å². The first-order valence-electron chi connectivity index (χ1n) is 6.08. The van der Waals surface area contributed by atoms with Gasteiger partial charge in [0.15, 0.2) is 0 Å². The Balaban J connectivity index is 2.03. The summed E-state index contributed by atoms with van der Waals surface area (Å²) in [5.41, 5.74) is 3.04. The number of ether oxygens (including phenoxy) is 1. The fourth-order valence-corrected chi connectivity index (χ4v) is 2.25. The highest BCUT2D eigenvalue weighted by atomic mass is 16.5. The van der Waals surface area contributed by atoms with E-state index in [2.05, 4.69) is 39.6 Å². The van der Waals surface area contributed by atoms with E-state index in [1.165, 1.54) is 5.69 Å². The average Bonchev–Trinajstić information content (AvgIpc) is 2.47. The average molecular weight is 241 g/mol. The maximum Gasteiger partial charge on any atom is 0.116 e. The number of benzene rings is 1. The SMILES string of the molecule is C=Cc1ncnc2cc(N3CCOCC3)ccc12. The molecule has 3 rings (SSSR count). The van der Waals surface area contributed by atoms with Crippen molar-refractivity contribution in [1.29, 1.82) is 0 Å². The summed E-state index contributed by atoms with van der Waals surface area (Å²) in [6.45, 7) is 7.23. The van der Waals surface area contributed by atoms with Crippen LogP contribution in [0.15, 0.2) is 31.1 Å². The van der Waals surface area contributed by atoms with Crippen LogP contribution in [0.3, 0.4) is 0 Å². The van der Waals surface area contributed by atoms with Gasteiger partial charge in [0.2, 0.25) is 0 Å². The molecular weight excluding hydrogens is 226 g/mol. The maximum absolute atomic E-state index is 5.36. The Hall–Kier alpha value is -1.94. The predicted octanol–water partition coefficient (Wildman–Crippen LogP) is 2.11. The number of anilines is 1. The minimum atomic E-state index is 0.791. The second kappa shape index (κ2) is 4.74. The fraction of sp³-hybridized carbons (Fsp3) is 0.286. The van der Waals surface area contributed by atoms with Crippen molar-refractivity contribution in [2.75, 3.05) is 31.2 Å². The molecule has 0 atom stereocenters. The van der Waals surface area contributed by atoms with Gasteiger partial charge in [0.25, 0.3) is 0 Å². The van der Waals surface area contributed by atoms with Gasteiger partial charge in [-0.25, -0.2) is 9.97 Å². The number of nitrogens with zero attached hydrogens (tertiary/aromatic N) is 3.